The van der Waals surface area contributed by atoms with Crippen LogP contribution in [0.2, 0.25) is 0 Å². The summed E-state index contributed by atoms with van der Waals surface area (Å²) < 4.78 is 11.3. The van der Waals surface area contributed by atoms with Gasteiger partial charge in [-0.25, -0.2) is 0 Å². The Morgan fingerprint density at radius 1 is 1.32 bits per heavy atom. The summed E-state index contributed by atoms with van der Waals surface area (Å²) in [6, 6.07) is 0. The molecule has 0 amide bonds. The minimum absolute atomic E-state index is 0.175. The van der Waals surface area contributed by atoms with Gasteiger partial charge in [0.15, 0.2) is 0 Å². The summed E-state index contributed by atoms with van der Waals surface area (Å²) in [5.41, 5.74) is -1.39. The summed E-state index contributed by atoms with van der Waals surface area (Å²) in [5.74, 6) is -0.418. The third kappa shape index (κ3) is 4.09. The predicted octanol–water partition coefficient (Wildman–Crippen LogP) is 3.76. The molecule has 2 atom stereocenters. The molecule has 0 bridgehead atoms. The van der Waals surface area contributed by atoms with E-state index >= 15 is 0 Å². The first-order valence-electron chi connectivity index (χ1n) is 8.26. The van der Waals surface area contributed by atoms with Crippen LogP contribution in [0.15, 0.2) is 0 Å². The zero-order valence-electron chi connectivity index (χ0n) is 15.2. The highest BCUT2D eigenvalue weighted by molar-refractivity contribution is 5.76. The summed E-state index contributed by atoms with van der Waals surface area (Å²) in [6.07, 6.45) is 3.28. The molecule has 4 heteroatoms. The molecule has 0 aromatic carbocycles. The smallest absolute Gasteiger partial charge is 0.310 e. The van der Waals surface area contributed by atoms with Crippen LogP contribution in [0.4, 0.5) is 0 Å². The second kappa shape index (κ2) is 6.69. The molecule has 1 aliphatic carbocycles. The molecule has 1 aliphatic rings. The van der Waals surface area contributed by atoms with Crippen molar-refractivity contribution in [2.45, 2.75) is 79.4 Å². The molecule has 1 saturated carbocycles. The van der Waals surface area contributed by atoms with Crippen molar-refractivity contribution in [2.75, 3.05) is 6.61 Å². The quantitative estimate of drug-likeness (QED) is 0.530. The number of aldehydes is 1. The number of ether oxygens (including phenoxy) is 2. The highest BCUT2D eigenvalue weighted by Gasteiger charge is 2.55. The average Bonchev–Trinajstić information content (AvgIpc) is 2.59. The number of hydrogen-bond donors (Lipinski definition) is 0. The predicted molar refractivity (Wildman–Crippen MR) is 86.6 cm³/mol. The van der Waals surface area contributed by atoms with Crippen LogP contribution in [0, 0.1) is 16.7 Å². The zero-order valence-corrected chi connectivity index (χ0v) is 15.2. The summed E-state index contributed by atoms with van der Waals surface area (Å²) in [5, 5.41) is 0. The van der Waals surface area contributed by atoms with Crippen LogP contribution in [0.5, 0.6) is 0 Å². The normalized spacial score (nSPS) is 27.9. The fourth-order valence-electron chi connectivity index (χ4n) is 3.08. The van der Waals surface area contributed by atoms with Gasteiger partial charge < -0.3 is 14.3 Å². The van der Waals surface area contributed by atoms with Crippen molar-refractivity contribution in [1.82, 2.24) is 0 Å². The lowest BCUT2D eigenvalue weighted by Crippen LogP contribution is -2.41. The highest BCUT2D eigenvalue weighted by Crippen LogP contribution is 2.55. The van der Waals surface area contributed by atoms with E-state index in [9.17, 15) is 9.59 Å². The van der Waals surface area contributed by atoms with E-state index < -0.39 is 11.0 Å². The van der Waals surface area contributed by atoms with Gasteiger partial charge in [-0.1, -0.05) is 20.8 Å². The van der Waals surface area contributed by atoms with Gasteiger partial charge in [0.25, 0.3) is 0 Å². The highest BCUT2D eigenvalue weighted by atomic mass is 16.6. The van der Waals surface area contributed by atoms with E-state index in [1.807, 2.05) is 48.5 Å². The standard InChI is InChI=1S/C18H32O4/c1-13(2)21-11-10-16(3,4)22-15(20)14-8-9-18(7,12-19)17(14,5)6/h12-14H,8-11H2,1-7H3/t14-,18+/m1/s1. The van der Waals surface area contributed by atoms with Crippen LogP contribution in [0.1, 0.15) is 67.7 Å². The number of rotatable bonds is 7. The van der Waals surface area contributed by atoms with Gasteiger partial charge >= 0.3 is 5.97 Å². The molecule has 1 fully saturated rings. The van der Waals surface area contributed by atoms with Gasteiger partial charge in [-0.2, -0.15) is 0 Å². The maximum absolute atomic E-state index is 12.6. The van der Waals surface area contributed by atoms with Crippen LogP contribution >= 0.6 is 0 Å². The molecule has 0 radical (unpaired) electrons. The van der Waals surface area contributed by atoms with Gasteiger partial charge in [0.05, 0.1) is 18.6 Å². The van der Waals surface area contributed by atoms with Crippen LogP contribution in [-0.4, -0.2) is 30.6 Å². The Labute approximate surface area is 134 Å². The largest absolute Gasteiger partial charge is 0.459 e. The van der Waals surface area contributed by atoms with Crippen molar-refractivity contribution < 1.29 is 19.1 Å². The molecule has 1 rings (SSSR count). The Hall–Kier alpha value is -0.900. The summed E-state index contributed by atoms with van der Waals surface area (Å²) in [7, 11) is 0. The SMILES string of the molecule is CC(C)OCCC(C)(C)OC(=O)[C@H]1CC[C@@](C)(C=O)C1(C)C. The summed E-state index contributed by atoms with van der Waals surface area (Å²) in [6.45, 7) is 14.3. The molecule has 0 aliphatic heterocycles. The fraction of sp³-hybridized carbons (Fsp3) is 0.889. The van der Waals surface area contributed by atoms with E-state index in [1.54, 1.807) is 0 Å². The first-order valence-corrected chi connectivity index (χ1v) is 8.26. The second-order valence-corrected chi connectivity index (χ2v) is 8.20. The Balaban J connectivity index is 2.67. The molecule has 4 nitrogen and oxygen atoms in total. The van der Waals surface area contributed by atoms with Crippen molar-refractivity contribution in [1.29, 1.82) is 0 Å². The van der Waals surface area contributed by atoms with Crippen LogP contribution < -0.4 is 0 Å². The molecular formula is C18H32O4. The van der Waals surface area contributed by atoms with Crippen LogP contribution in [0.3, 0.4) is 0 Å². The minimum atomic E-state index is -0.553. The Morgan fingerprint density at radius 3 is 2.36 bits per heavy atom. The van der Waals surface area contributed by atoms with Crippen molar-refractivity contribution in [3.05, 3.63) is 0 Å². The van der Waals surface area contributed by atoms with Gasteiger partial charge in [-0.15, -0.1) is 0 Å². The number of esters is 1. The third-order valence-electron chi connectivity index (χ3n) is 5.37. The number of carbonyl (C=O) groups is 2. The number of hydrogen-bond acceptors (Lipinski definition) is 4. The van der Waals surface area contributed by atoms with E-state index in [-0.39, 0.29) is 23.4 Å². The molecule has 0 heterocycles. The van der Waals surface area contributed by atoms with Gasteiger partial charge in [-0.3, -0.25) is 4.79 Å². The molecule has 128 valence electrons. The van der Waals surface area contributed by atoms with Crippen molar-refractivity contribution in [3.63, 3.8) is 0 Å². The molecule has 22 heavy (non-hydrogen) atoms. The average molecular weight is 312 g/mol. The maximum atomic E-state index is 12.6. The van der Waals surface area contributed by atoms with Crippen molar-refractivity contribution >= 4 is 12.3 Å². The Kier molecular flexibility index (Phi) is 5.82. The second-order valence-electron chi connectivity index (χ2n) is 8.20. The monoisotopic (exact) mass is 312 g/mol. The van der Waals surface area contributed by atoms with E-state index in [2.05, 4.69) is 0 Å². The first-order chi connectivity index (χ1) is 9.95. The molecular weight excluding hydrogens is 280 g/mol. The zero-order chi connectivity index (χ0) is 17.2. The van der Waals surface area contributed by atoms with Crippen LogP contribution in [-0.2, 0) is 19.1 Å². The van der Waals surface area contributed by atoms with E-state index in [1.165, 1.54) is 0 Å². The topological polar surface area (TPSA) is 52.6 Å². The Bertz CT molecular complexity index is 411. The molecule has 0 aromatic heterocycles. The van der Waals surface area contributed by atoms with Gasteiger partial charge in [0.2, 0.25) is 0 Å². The van der Waals surface area contributed by atoms with Gasteiger partial charge in [0.1, 0.15) is 11.9 Å². The maximum Gasteiger partial charge on any atom is 0.310 e. The Morgan fingerprint density at radius 2 is 1.91 bits per heavy atom. The van der Waals surface area contributed by atoms with E-state index in [0.717, 1.165) is 12.7 Å². The lowest BCUT2D eigenvalue weighted by atomic mass is 9.66. The van der Waals surface area contributed by atoms with Crippen molar-refractivity contribution in [3.8, 4) is 0 Å². The molecule has 0 unspecified atom stereocenters. The molecule has 0 aromatic rings. The third-order valence-corrected chi connectivity index (χ3v) is 5.37. The number of carbonyl (C=O) groups excluding carboxylic acids is 2. The lowest BCUT2D eigenvalue weighted by molar-refractivity contribution is -0.168. The first kappa shape index (κ1) is 19.1. The van der Waals surface area contributed by atoms with Gasteiger partial charge in [-0.05, 0) is 46.0 Å². The molecule has 0 saturated heterocycles. The lowest BCUT2D eigenvalue weighted by Gasteiger charge is -2.38. The summed E-state index contributed by atoms with van der Waals surface area (Å²) in [4.78, 5) is 24.0. The van der Waals surface area contributed by atoms with Crippen molar-refractivity contribution in [2.24, 2.45) is 16.7 Å². The molecule has 0 N–H and O–H groups in total. The van der Waals surface area contributed by atoms with Gasteiger partial charge in [0, 0.05) is 11.8 Å². The van der Waals surface area contributed by atoms with E-state index in [4.69, 9.17) is 9.47 Å². The molecule has 0 spiro atoms. The fourth-order valence-corrected chi connectivity index (χ4v) is 3.08. The van der Waals surface area contributed by atoms with E-state index in [0.29, 0.717) is 19.4 Å². The summed E-state index contributed by atoms with van der Waals surface area (Å²) >= 11 is 0. The minimum Gasteiger partial charge on any atom is -0.459 e. The van der Waals surface area contributed by atoms with Crippen LogP contribution in [0.25, 0.3) is 0 Å².